The number of benzene rings is 2. The van der Waals surface area contributed by atoms with E-state index in [1.807, 2.05) is 30.3 Å². The lowest BCUT2D eigenvalue weighted by Crippen LogP contribution is -2.28. The molecule has 148 valence electrons. The van der Waals surface area contributed by atoms with E-state index in [1.54, 1.807) is 28.8 Å². The maximum atomic E-state index is 12.3. The predicted octanol–water partition coefficient (Wildman–Crippen LogP) is 2.80. The van der Waals surface area contributed by atoms with Crippen molar-refractivity contribution in [3.05, 3.63) is 71.8 Å². The first kappa shape index (κ1) is 19.3. The molecule has 0 bridgehead atoms. The monoisotopic (exact) mass is 429 g/mol. The Morgan fingerprint density at radius 3 is 2.52 bits per heavy atom. The van der Waals surface area contributed by atoms with E-state index in [-0.39, 0.29) is 23.1 Å². The average Bonchev–Trinajstić information content (AvgIpc) is 3.15. The molecule has 4 rings (SSSR count). The molecule has 10 heteroatoms. The molecule has 0 aliphatic carbocycles. The Bertz CT molecular complexity index is 1250. The Kier molecular flexibility index (Phi) is 5.43. The van der Waals surface area contributed by atoms with Crippen LogP contribution in [0, 0.1) is 0 Å². The Balaban J connectivity index is 1.43. The highest BCUT2D eigenvalue weighted by Crippen LogP contribution is 2.20. The minimum absolute atomic E-state index is 0.0261. The summed E-state index contributed by atoms with van der Waals surface area (Å²) in [6.45, 7) is 0.145. The first-order valence-electron chi connectivity index (χ1n) is 8.69. The zero-order valence-corrected chi connectivity index (χ0v) is 16.6. The van der Waals surface area contributed by atoms with Crippen LogP contribution in [0.5, 0.6) is 5.88 Å². The van der Waals surface area contributed by atoms with Gasteiger partial charge in [0.15, 0.2) is 11.5 Å². The number of fused-ring (bicyclic) bond motifs is 1. The smallest absolute Gasteiger partial charge is 0.242 e. The van der Waals surface area contributed by atoms with Crippen LogP contribution >= 0.6 is 11.6 Å². The van der Waals surface area contributed by atoms with E-state index < -0.39 is 10.0 Å². The number of rotatable bonds is 7. The lowest BCUT2D eigenvalue weighted by molar-refractivity contribution is 0.306. The van der Waals surface area contributed by atoms with Crippen LogP contribution < -0.4 is 9.46 Å². The van der Waals surface area contributed by atoms with Crippen LogP contribution in [0.2, 0.25) is 5.02 Å². The Morgan fingerprint density at radius 2 is 1.72 bits per heavy atom. The second-order valence-electron chi connectivity index (χ2n) is 6.01. The van der Waals surface area contributed by atoms with Gasteiger partial charge in [-0.1, -0.05) is 54.1 Å². The fourth-order valence-electron chi connectivity index (χ4n) is 2.69. The second-order valence-corrected chi connectivity index (χ2v) is 8.15. The van der Waals surface area contributed by atoms with Crippen LogP contribution in [0.15, 0.2) is 71.6 Å². The minimum Gasteiger partial charge on any atom is -0.475 e. The number of ether oxygens (including phenoxy) is 1. The van der Waals surface area contributed by atoms with E-state index in [9.17, 15) is 8.42 Å². The Hall–Kier alpha value is -3.01. The normalized spacial score (nSPS) is 11.6. The van der Waals surface area contributed by atoms with Crippen LogP contribution in [-0.2, 0) is 10.0 Å². The van der Waals surface area contributed by atoms with Gasteiger partial charge in [-0.25, -0.2) is 13.1 Å². The highest BCUT2D eigenvalue weighted by molar-refractivity contribution is 7.89. The maximum absolute atomic E-state index is 12.3. The Labute approximate surface area is 172 Å². The third kappa shape index (κ3) is 4.21. The summed E-state index contributed by atoms with van der Waals surface area (Å²) in [5.74, 6) is 0.914. The number of aromatic nitrogens is 4. The zero-order valence-electron chi connectivity index (χ0n) is 15.1. The summed E-state index contributed by atoms with van der Waals surface area (Å²) in [5, 5.41) is 12.8. The number of hydrogen-bond donors (Lipinski definition) is 1. The molecule has 0 aliphatic heterocycles. The van der Waals surface area contributed by atoms with Crippen molar-refractivity contribution in [2.75, 3.05) is 13.2 Å². The highest BCUT2D eigenvalue weighted by atomic mass is 35.5. The second kappa shape index (κ2) is 8.16. The molecular formula is C19H16ClN5O3S. The molecule has 29 heavy (non-hydrogen) atoms. The zero-order chi connectivity index (χ0) is 20.3. The van der Waals surface area contributed by atoms with Crippen molar-refractivity contribution in [3.8, 4) is 17.3 Å². The third-order valence-electron chi connectivity index (χ3n) is 4.04. The molecular weight excluding hydrogens is 414 g/mol. The summed E-state index contributed by atoms with van der Waals surface area (Å²) in [6.07, 6.45) is 0. The largest absolute Gasteiger partial charge is 0.475 e. The van der Waals surface area contributed by atoms with Gasteiger partial charge in [0.1, 0.15) is 11.5 Å². The van der Waals surface area contributed by atoms with Crippen LogP contribution in [0.3, 0.4) is 0 Å². The topological polar surface area (TPSA) is 98.5 Å². The molecule has 0 spiro atoms. The maximum Gasteiger partial charge on any atom is 0.242 e. The molecule has 2 heterocycles. The van der Waals surface area contributed by atoms with Crippen LogP contribution in [0.4, 0.5) is 0 Å². The molecule has 0 radical (unpaired) electrons. The summed E-state index contributed by atoms with van der Waals surface area (Å²) in [5.41, 5.74) is 1.45. The van der Waals surface area contributed by atoms with E-state index in [0.717, 1.165) is 5.56 Å². The number of hydrogen-bond acceptors (Lipinski definition) is 6. The van der Waals surface area contributed by atoms with Crippen molar-refractivity contribution in [1.82, 2.24) is 24.5 Å². The van der Waals surface area contributed by atoms with Crippen molar-refractivity contribution in [3.63, 3.8) is 0 Å². The van der Waals surface area contributed by atoms with Crippen LogP contribution in [0.25, 0.3) is 17.0 Å². The van der Waals surface area contributed by atoms with E-state index in [0.29, 0.717) is 17.4 Å². The molecule has 0 fully saturated rings. The molecule has 2 aromatic heterocycles. The van der Waals surface area contributed by atoms with Crippen molar-refractivity contribution in [1.29, 1.82) is 0 Å². The lowest BCUT2D eigenvalue weighted by Gasteiger charge is -2.09. The number of sulfonamides is 1. The van der Waals surface area contributed by atoms with Crippen molar-refractivity contribution in [2.24, 2.45) is 0 Å². The quantitative estimate of drug-likeness (QED) is 0.453. The van der Waals surface area contributed by atoms with E-state index in [2.05, 4.69) is 20.0 Å². The summed E-state index contributed by atoms with van der Waals surface area (Å²) in [7, 11) is -3.72. The Morgan fingerprint density at radius 1 is 0.966 bits per heavy atom. The fraction of sp³-hybridized carbons (Fsp3) is 0.105. The summed E-state index contributed by atoms with van der Waals surface area (Å²) in [6, 6.07) is 19.2. The molecule has 0 saturated heterocycles. The summed E-state index contributed by atoms with van der Waals surface area (Å²) in [4.78, 5) is 0.0261. The standard InChI is InChI=1S/C19H16ClN5O3S/c20-15-8-4-5-9-16(15)29(26,27)21-12-13-28-18-11-10-17-22-23-19(25(17)24-18)14-6-2-1-3-7-14/h1-11,21H,12-13H2. The lowest BCUT2D eigenvalue weighted by atomic mass is 10.2. The van der Waals surface area contributed by atoms with Gasteiger partial charge in [-0.15, -0.1) is 15.3 Å². The van der Waals surface area contributed by atoms with E-state index in [1.165, 1.54) is 12.1 Å². The van der Waals surface area contributed by atoms with Gasteiger partial charge in [0.2, 0.25) is 15.9 Å². The van der Waals surface area contributed by atoms with Crippen LogP contribution in [-0.4, -0.2) is 41.4 Å². The fourth-order valence-corrected chi connectivity index (χ4v) is 4.22. The predicted molar refractivity (Wildman–Crippen MR) is 108 cm³/mol. The molecule has 0 amide bonds. The number of halogens is 1. The molecule has 2 aromatic carbocycles. The first-order chi connectivity index (χ1) is 14.0. The molecule has 4 aromatic rings. The third-order valence-corrected chi connectivity index (χ3v) is 6.00. The van der Waals surface area contributed by atoms with Gasteiger partial charge in [-0.3, -0.25) is 0 Å². The molecule has 0 saturated carbocycles. The van der Waals surface area contributed by atoms with Gasteiger partial charge in [-0.2, -0.15) is 4.52 Å². The molecule has 0 unspecified atom stereocenters. The van der Waals surface area contributed by atoms with Gasteiger partial charge >= 0.3 is 0 Å². The minimum atomic E-state index is -3.72. The average molecular weight is 430 g/mol. The van der Waals surface area contributed by atoms with Crippen molar-refractivity contribution in [2.45, 2.75) is 4.90 Å². The highest BCUT2D eigenvalue weighted by Gasteiger charge is 2.16. The van der Waals surface area contributed by atoms with Gasteiger partial charge < -0.3 is 4.74 Å². The van der Waals surface area contributed by atoms with Gasteiger partial charge in [0, 0.05) is 18.2 Å². The molecule has 0 atom stereocenters. The first-order valence-corrected chi connectivity index (χ1v) is 10.6. The molecule has 0 aliphatic rings. The molecule has 1 N–H and O–H groups in total. The van der Waals surface area contributed by atoms with Crippen molar-refractivity contribution < 1.29 is 13.2 Å². The van der Waals surface area contributed by atoms with Crippen LogP contribution in [0.1, 0.15) is 0 Å². The summed E-state index contributed by atoms with van der Waals surface area (Å²) >= 11 is 5.95. The van der Waals surface area contributed by atoms with E-state index >= 15 is 0 Å². The molecule has 8 nitrogen and oxygen atoms in total. The number of nitrogens with zero attached hydrogens (tertiary/aromatic N) is 4. The van der Waals surface area contributed by atoms with Crippen molar-refractivity contribution >= 4 is 27.3 Å². The van der Waals surface area contributed by atoms with Gasteiger partial charge in [0.25, 0.3) is 0 Å². The van der Waals surface area contributed by atoms with Gasteiger partial charge in [-0.05, 0) is 18.2 Å². The summed E-state index contributed by atoms with van der Waals surface area (Å²) < 4.78 is 34.3. The van der Waals surface area contributed by atoms with E-state index in [4.69, 9.17) is 16.3 Å². The SMILES string of the molecule is O=S(=O)(NCCOc1ccc2nnc(-c3ccccc3)n2n1)c1ccccc1Cl. The number of nitrogens with one attached hydrogen (secondary N) is 1. The van der Waals surface area contributed by atoms with Gasteiger partial charge in [0.05, 0.1) is 5.02 Å².